The van der Waals surface area contributed by atoms with Crippen LogP contribution in [0.2, 0.25) is 25.7 Å². The average Bonchev–Trinajstić information content (AvgIpc) is 2.07. The second-order valence-electron chi connectivity index (χ2n) is 5.46. The van der Waals surface area contributed by atoms with Crippen LogP contribution in [-0.2, 0) is 4.74 Å². The van der Waals surface area contributed by atoms with Crippen LogP contribution in [0, 0.1) is 0 Å². The molecule has 0 aromatic heterocycles. The highest BCUT2D eigenvalue weighted by Gasteiger charge is 2.11. The third kappa shape index (κ3) is 11.6. The van der Waals surface area contributed by atoms with Crippen LogP contribution < -0.4 is 0 Å². The summed E-state index contributed by atoms with van der Waals surface area (Å²) >= 11 is 0. The molecule has 3 nitrogen and oxygen atoms in total. The fourth-order valence-corrected chi connectivity index (χ4v) is 1.62. The van der Waals surface area contributed by atoms with Gasteiger partial charge in [0.1, 0.15) is 6.73 Å². The van der Waals surface area contributed by atoms with Gasteiger partial charge in [-0.3, -0.25) is 4.99 Å². The number of rotatable bonds is 7. The zero-order valence-electron chi connectivity index (χ0n) is 11.1. The third-order valence-electron chi connectivity index (χ3n) is 1.85. The maximum Gasteiger partial charge on any atom is 0.119 e. The van der Waals surface area contributed by atoms with E-state index >= 15 is 0 Å². The Morgan fingerprint density at radius 1 is 1.33 bits per heavy atom. The van der Waals surface area contributed by atoms with Gasteiger partial charge in [-0.25, -0.2) is 0 Å². The first kappa shape index (κ1) is 14.6. The van der Waals surface area contributed by atoms with Crippen molar-refractivity contribution in [1.82, 2.24) is 4.90 Å². The first-order valence-electron chi connectivity index (χ1n) is 5.62. The van der Waals surface area contributed by atoms with Gasteiger partial charge >= 0.3 is 0 Å². The van der Waals surface area contributed by atoms with Crippen LogP contribution in [0.25, 0.3) is 0 Å². The Kier molecular flexibility index (Phi) is 6.84. The quantitative estimate of drug-likeness (QED) is 0.221. The van der Waals surface area contributed by atoms with Crippen LogP contribution in [0.3, 0.4) is 0 Å². The maximum atomic E-state index is 5.57. The minimum atomic E-state index is -0.943. The summed E-state index contributed by atoms with van der Waals surface area (Å²) in [5.74, 6) is 0. The molecule has 15 heavy (non-hydrogen) atoms. The summed E-state index contributed by atoms with van der Waals surface area (Å²) in [5.41, 5.74) is 0. The second-order valence-corrected chi connectivity index (χ2v) is 11.1. The summed E-state index contributed by atoms with van der Waals surface area (Å²) in [6, 6.07) is 1.58. The van der Waals surface area contributed by atoms with Crippen molar-refractivity contribution in [1.29, 1.82) is 0 Å². The lowest BCUT2D eigenvalue weighted by atomic mass is 10.4. The van der Waals surface area contributed by atoms with Gasteiger partial charge in [0.15, 0.2) is 0 Å². The highest BCUT2D eigenvalue weighted by molar-refractivity contribution is 6.76. The predicted octanol–water partition coefficient (Wildman–Crippen LogP) is 2.67. The van der Waals surface area contributed by atoms with Crippen molar-refractivity contribution in [2.75, 3.05) is 20.4 Å². The van der Waals surface area contributed by atoms with Crippen LogP contribution in [0.1, 0.15) is 13.8 Å². The molecule has 0 aliphatic heterocycles. The zero-order chi connectivity index (χ0) is 11.9. The van der Waals surface area contributed by atoms with Gasteiger partial charge in [0, 0.05) is 27.8 Å². The van der Waals surface area contributed by atoms with Crippen LogP contribution in [0.15, 0.2) is 4.99 Å². The van der Waals surface area contributed by atoms with Crippen molar-refractivity contribution in [3.05, 3.63) is 0 Å². The first-order valence-corrected chi connectivity index (χ1v) is 9.33. The normalized spacial score (nSPS) is 12.7. The minimum absolute atomic E-state index is 0.356. The van der Waals surface area contributed by atoms with Gasteiger partial charge in [0.25, 0.3) is 0 Å². The lowest BCUT2D eigenvalue weighted by Crippen LogP contribution is -2.25. The molecule has 0 radical (unpaired) electrons. The standard InChI is InChI=1S/C11H26N2OSi/c1-11(2)12-9-13(3)10-14-7-8-15(4,5)6/h9,11H,7-8,10H2,1-6H3. The molecule has 0 aliphatic rings. The van der Waals surface area contributed by atoms with E-state index in [4.69, 9.17) is 4.74 Å². The molecule has 0 heterocycles. The lowest BCUT2D eigenvalue weighted by molar-refractivity contribution is 0.0871. The zero-order valence-corrected chi connectivity index (χ0v) is 12.1. The molecule has 0 aromatic rings. The Balaban J connectivity index is 3.51. The van der Waals surface area contributed by atoms with Crippen molar-refractivity contribution < 1.29 is 4.74 Å². The molecular formula is C11H26N2OSi. The highest BCUT2D eigenvalue weighted by atomic mass is 28.3. The molecule has 0 aromatic carbocycles. The van der Waals surface area contributed by atoms with Crippen LogP contribution in [0.4, 0.5) is 0 Å². The van der Waals surface area contributed by atoms with Gasteiger partial charge in [-0.2, -0.15) is 0 Å². The lowest BCUT2D eigenvalue weighted by Gasteiger charge is -2.18. The van der Waals surface area contributed by atoms with Gasteiger partial charge in [0.2, 0.25) is 0 Å². The predicted molar refractivity (Wildman–Crippen MR) is 70.4 cm³/mol. The van der Waals surface area contributed by atoms with Gasteiger partial charge in [-0.1, -0.05) is 19.6 Å². The summed E-state index contributed by atoms with van der Waals surface area (Å²) in [6.07, 6.45) is 1.85. The van der Waals surface area contributed by atoms with E-state index in [-0.39, 0.29) is 0 Å². The summed E-state index contributed by atoms with van der Waals surface area (Å²) in [6.45, 7) is 12.7. The fraction of sp³-hybridized carbons (Fsp3) is 0.909. The monoisotopic (exact) mass is 230 g/mol. The van der Waals surface area contributed by atoms with E-state index in [1.807, 2.05) is 18.3 Å². The molecule has 0 spiro atoms. The van der Waals surface area contributed by atoms with Crippen molar-refractivity contribution in [2.24, 2.45) is 4.99 Å². The molecule has 0 fully saturated rings. The minimum Gasteiger partial charge on any atom is -0.361 e. The molecule has 0 bridgehead atoms. The first-order chi connectivity index (χ1) is 6.81. The summed E-state index contributed by atoms with van der Waals surface area (Å²) in [7, 11) is 1.04. The molecule has 0 saturated carbocycles. The highest BCUT2D eigenvalue weighted by Crippen LogP contribution is 2.07. The molecule has 0 saturated heterocycles. The van der Waals surface area contributed by atoms with E-state index in [1.165, 1.54) is 6.04 Å². The number of ether oxygens (including phenoxy) is 1. The van der Waals surface area contributed by atoms with E-state index in [1.54, 1.807) is 0 Å². The molecule has 0 unspecified atom stereocenters. The Bertz CT molecular complexity index is 188. The molecule has 0 rings (SSSR count). The largest absolute Gasteiger partial charge is 0.361 e. The molecule has 0 aliphatic carbocycles. The van der Waals surface area contributed by atoms with Crippen molar-refractivity contribution in [3.8, 4) is 0 Å². The van der Waals surface area contributed by atoms with Crippen LogP contribution in [0.5, 0.6) is 0 Å². The van der Waals surface area contributed by atoms with Gasteiger partial charge < -0.3 is 9.64 Å². The number of nitrogens with zero attached hydrogens (tertiary/aromatic N) is 2. The van der Waals surface area contributed by atoms with E-state index in [2.05, 4.69) is 38.5 Å². The molecule has 0 N–H and O–H groups in total. The third-order valence-corrected chi connectivity index (χ3v) is 3.56. The van der Waals surface area contributed by atoms with Crippen LogP contribution in [-0.4, -0.2) is 45.7 Å². The van der Waals surface area contributed by atoms with Crippen molar-refractivity contribution in [2.45, 2.75) is 45.6 Å². The molecular weight excluding hydrogens is 204 g/mol. The Labute approximate surface area is 95.5 Å². The number of aliphatic imine (C=N–C) groups is 1. The average molecular weight is 230 g/mol. The second kappa shape index (κ2) is 7.01. The number of hydrogen-bond acceptors (Lipinski definition) is 2. The Morgan fingerprint density at radius 3 is 2.40 bits per heavy atom. The fourth-order valence-electron chi connectivity index (χ4n) is 0.867. The van der Waals surface area contributed by atoms with Gasteiger partial charge in [0.05, 0.1) is 6.34 Å². The Morgan fingerprint density at radius 2 is 1.93 bits per heavy atom. The van der Waals surface area contributed by atoms with E-state index < -0.39 is 8.07 Å². The summed E-state index contributed by atoms with van der Waals surface area (Å²) in [4.78, 5) is 6.26. The molecule has 4 heteroatoms. The van der Waals surface area contributed by atoms with Crippen molar-refractivity contribution >= 4 is 14.4 Å². The molecule has 90 valence electrons. The number of hydrogen-bond donors (Lipinski definition) is 0. The molecule has 0 atom stereocenters. The van der Waals surface area contributed by atoms with E-state index in [0.717, 1.165) is 6.61 Å². The molecule has 0 amide bonds. The van der Waals surface area contributed by atoms with Crippen molar-refractivity contribution in [3.63, 3.8) is 0 Å². The van der Waals surface area contributed by atoms with Crippen LogP contribution >= 0.6 is 0 Å². The van der Waals surface area contributed by atoms with E-state index in [0.29, 0.717) is 12.8 Å². The SMILES string of the molecule is CC(C)N=CN(C)COCC[Si](C)(C)C. The smallest absolute Gasteiger partial charge is 0.119 e. The summed E-state index contributed by atoms with van der Waals surface area (Å²) < 4.78 is 5.57. The summed E-state index contributed by atoms with van der Waals surface area (Å²) in [5, 5.41) is 0. The van der Waals surface area contributed by atoms with Gasteiger partial charge in [-0.15, -0.1) is 0 Å². The maximum absolute atomic E-state index is 5.57. The Hall–Kier alpha value is -0.353. The van der Waals surface area contributed by atoms with Gasteiger partial charge in [-0.05, 0) is 19.9 Å². The van der Waals surface area contributed by atoms with E-state index in [9.17, 15) is 0 Å². The topological polar surface area (TPSA) is 24.8 Å².